The minimum Gasteiger partial charge on any atom is -0.353 e. The van der Waals surface area contributed by atoms with E-state index >= 15 is 0 Å². The number of amides is 3. The Labute approximate surface area is 160 Å². The van der Waals surface area contributed by atoms with Gasteiger partial charge in [0.2, 0.25) is 17.7 Å². The van der Waals surface area contributed by atoms with Gasteiger partial charge in [0.1, 0.15) is 0 Å². The van der Waals surface area contributed by atoms with Crippen LogP contribution in [0.15, 0.2) is 30.3 Å². The molecule has 0 atom stereocenters. The van der Waals surface area contributed by atoms with Crippen LogP contribution in [0.25, 0.3) is 0 Å². The van der Waals surface area contributed by atoms with Gasteiger partial charge in [0.25, 0.3) is 0 Å². The van der Waals surface area contributed by atoms with Crippen molar-refractivity contribution in [2.45, 2.75) is 25.8 Å². The molecule has 7 nitrogen and oxygen atoms in total. The van der Waals surface area contributed by atoms with E-state index < -0.39 is 0 Å². The largest absolute Gasteiger partial charge is 0.353 e. The minimum absolute atomic E-state index is 0.0367. The number of carbonyl (C=O) groups is 3. The van der Waals surface area contributed by atoms with Crippen molar-refractivity contribution < 1.29 is 14.4 Å². The Morgan fingerprint density at radius 3 is 2.22 bits per heavy atom. The van der Waals surface area contributed by atoms with Crippen LogP contribution in [0.1, 0.15) is 24.8 Å². The van der Waals surface area contributed by atoms with E-state index in [0.717, 1.165) is 32.7 Å². The highest BCUT2D eigenvalue weighted by atomic mass is 16.2. The normalized spacial score (nSPS) is 18.3. The summed E-state index contributed by atoms with van der Waals surface area (Å²) in [5.74, 6) is -0.0251. The molecule has 0 spiro atoms. The maximum atomic E-state index is 12.4. The Morgan fingerprint density at radius 2 is 1.56 bits per heavy atom. The summed E-state index contributed by atoms with van der Waals surface area (Å²) < 4.78 is 0. The second-order valence-corrected chi connectivity index (χ2v) is 7.16. The van der Waals surface area contributed by atoms with Crippen molar-refractivity contribution in [3.63, 3.8) is 0 Å². The summed E-state index contributed by atoms with van der Waals surface area (Å²) in [6.45, 7) is 5.36. The van der Waals surface area contributed by atoms with Crippen LogP contribution in [0.2, 0.25) is 0 Å². The predicted molar refractivity (Wildman–Crippen MR) is 102 cm³/mol. The molecule has 2 heterocycles. The van der Waals surface area contributed by atoms with Crippen LogP contribution in [0.3, 0.4) is 0 Å². The number of hydrogen-bond donors (Lipinski definition) is 1. The van der Waals surface area contributed by atoms with Gasteiger partial charge in [-0.1, -0.05) is 30.3 Å². The molecule has 7 heteroatoms. The van der Waals surface area contributed by atoms with Gasteiger partial charge in [-0.2, -0.15) is 0 Å². The number of piperazine rings is 2. The van der Waals surface area contributed by atoms with Crippen molar-refractivity contribution in [1.29, 1.82) is 0 Å². The van der Waals surface area contributed by atoms with Gasteiger partial charge in [-0.05, 0) is 12.0 Å². The summed E-state index contributed by atoms with van der Waals surface area (Å²) in [7, 11) is 0. The number of rotatable bonds is 6. The Morgan fingerprint density at radius 1 is 0.889 bits per heavy atom. The maximum absolute atomic E-state index is 12.4. The Bertz CT molecular complexity index is 656. The molecule has 3 rings (SSSR count). The number of benzene rings is 1. The van der Waals surface area contributed by atoms with Gasteiger partial charge in [-0.25, -0.2) is 0 Å². The highest BCUT2D eigenvalue weighted by Crippen LogP contribution is 2.11. The van der Waals surface area contributed by atoms with Gasteiger partial charge in [-0.3, -0.25) is 19.3 Å². The van der Waals surface area contributed by atoms with Crippen LogP contribution < -0.4 is 5.32 Å². The van der Waals surface area contributed by atoms with E-state index in [2.05, 4.69) is 22.3 Å². The summed E-state index contributed by atoms with van der Waals surface area (Å²) in [5.41, 5.74) is 1.29. The number of nitrogens with zero attached hydrogens (tertiary/aromatic N) is 3. The van der Waals surface area contributed by atoms with Crippen LogP contribution in [-0.2, 0) is 20.9 Å². The number of nitrogens with one attached hydrogen (secondary N) is 1. The average Bonchev–Trinajstić information content (AvgIpc) is 2.69. The van der Waals surface area contributed by atoms with E-state index in [1.54, 1.807) is 4.90 Å². The first kappa shape index (κ1) is 19.4. The second-order valence-electron chi connectivity index (χ2n) is 7.16. The Hall–Kier alpha value is -2.41. The first-order valence-corrected chi connectivity index (χ1v) is 9.70. The lowest BCUT2D eigenvalue weighted by Crippen LogP contribution is -2.50. The van der Waals surface area contributed by atoms with Crippen molar-refractivity contribution >= 4 is 17.7 Å². The summed E-state index contributed by atoms with van der Waals surface area (Å²) in [4.78, 5) is 41.7. The fraction of sp³-hybridized carbons (Fsp3) is 0.550. The molecule has 2 aliphatic rings. The van der Waals surface area contributed by atoms with Crippen molar-refractivity contribution in [2.75, 3.05) is 45.8 Å². The van der Waals surface area contributed by atoms with Gasteiger partial charge in [0, 0.05) is 58.7 Å². The fourth-order valence-electron chi connectivity index (χ4n) is 3.56. The molecule has 0 bridgehead atoms. The van der Waals surface area contributed by atoms with Crippen LogP contribution >= 0.6 is 0 Å². The molecule has 2 aliphatic heterocycles. The van der Waals surface area contributed by atoms with Gasteiger partial charge in [0.05, 0.1) is 6.54 Å². The van der Waals surface area contributed by atoms with Gasteiger partial charge in [-0.15, -0.1) is 0 Å². The minimum atomic E-state index is -0.112. The summed E-state index contributed by atoms with van der Waals surface area (Å²) in [5, 5.41) is 2.71. The maximum Gasteiger partial charge on any atom is 0.239 e. The lowest BCUT2D eigenvalue weighted by Gasteiger charge is -2.35. The summed E-state index contributed by atoms with van der Waals surface area (Å²) in [6.07, 6.45) is 1.26. The topological polar surface area (TPSA) is 73.0 Å². The smallest absolute Gasteiger partial charge is 0.239 e. The zero-order chi connectivity index (χ0) is 19.1. The first-order valence-electron chi connectivity index (χ1n) is 9.70. The third kappa shape index (κ3) is 5.79. The van der Waals surface area contributed by atoms with Gasteiger partial charge < -0.3 is 15.1 Å². The summed E-state index contributed by atoms with van der Waals surface area (Å²) in [6, 6.07) is 10.4. The Balaban J connectivity index is 1.33. The van der Waals surface area contributed by atoms with E-state index in [-0.39, 0.29) is 24.3 Å². The van der Waals surface area contributed by atoms with Gasteiger partial charge in [0.15, 0.2) is 0 Å². The molecule has 1 N–H and O–H groups in total. The van der Waals surface area contributed by atoms with Gasteiger partial charge >= 0.3 is 0 Å². The van der Waals surface area contributed by atoms with Crippen molar-refractivity contribution in [3.05, 3.63) is 35.9 Å². The molecule has 0 radical (unpaired) electrons. The molecule has 2 fully saturated rings. The molecular formula is C20H28N4O3. The standard InChI is InChI=1S/C20H28N4O3/c25-18-16-24(10-9-21-18)20(27)8-4-7-19(26)23-13-11-22(12-14-23)15-17-5-2-1-3-6-17/h1-3,5-6H,4,7-16H2,(H,21,25). The monoisotopic (exact) mass is 372 g/mol. The van der Waals surface area contributed by atoms with E-state index in [9.17, 15) is 14.4 Å². The van der Waals surface area contributed by atoms with Crippen molar-refractivity contribution in [1.82, 2.24) is 20.0 Å². The molecule has 1 aromatic rings. The molecule has 1 aromatic carbocycles. The quantitative estimate of drug-likeness (QED) is 0.787. The highest BCUT2D eigenvalue weighted by molar-refractivity contribution is 5.86. The molecule has 0 saturated carbocycles. The van der Waals surface area contributed by atoms with Crippen LogP contribution in [0.4, 0.5) is 0 Å². The van der Waals surface area contributed by atoms with E-state index in [1.807, 2.05) is 23.1 Å². The van der Waals surface area contributed by atoms with E-state index in [1.165, 1.54) is 5.56 Å². The molecule has 146 valence electrons. The summed E-state index contributed by atoms with van der Waals surface area (Å²) >= 11 is 0. The molecular weight excluding hydrogens is 344 g/mol. The van der Waals surface area contributed by atoms with E-state index in [0.29, 0.717) is 32.4 Å². The van der Waals surface area contributed by atoms with Crippen LogP contribution in [0, 0.1) is 0 Å². The predicted octanol–water partition coefficient (Wildman–Crippen LogP) is 0.460. The molecule has 0 unspecified atom stereocenters. The highest BCUT2D eigenvalue weighted by Gasteiger charge is 2.23. The average molecular weight is 372 g/mol. The number of carbonyl (C=O) groups excluding carboxylic acids is 3. The van der Waals surface area contributed by atoms with Crippen LogP contribution in [-0.4, -0.2) is 78.2 Å². The second kappa shape index (κ2) is 9.50. The SMILES string of the molecule is O=C1CN(C(=O)CCCC(=O)N2CCN(Cc3ccccc3)CC2)CCN1. The molecule has 27 heavy (non-hydrogen) atoms. The molecule has 0 aliphatic carbocycles. The lowest BCUT2D eigenvalue weighted by molar-refractivity contribution is -0.138. The van der Waals surface area contributed by atoms with Crippen molar-refractivity contribution in [2.24, 2.45) is 0 Å². The lowest BCUT2D eigenvalue weighted by atomic mass is 10.1. The fourth-order valence-corrected chi connectivity index (χ4v) is 3.56. The third-order valence-corrected chi connectivity index (χ3v) is 5.15. The zero-order valence-electron chi connectivity index (χ0n) is 15.7. The van der Waals surface area contributed by atoms with Crippen molar-refractivity contribution in [3.8, 4) is 0 Å². The number of hydrogen-bond acceptors (Lipinski definition) is 4. The molecule has 3 amide bonds. The third-order valence-electron chi connectivity index (χ3n) is 5.15. The van der Waals surface area contributed by atoms with Crippen LogP contribution in [0.5, 0.6) is 0 Å². The Kier molecular flexibility index (Phi) is 6.81. The molecule has 0 aromatic heterocycles. The van der Waals surface area contributed by atoms with E-state index in [4.69, 9.17) is 0 Å². The first-order chi connectivity index (χ1) is 13.1. The zero-order valence-corrected chi connectivity index (χ0v) is 15.7. The molecule has 2 saturated heterocycles.